The number of ether oxygens (including phenoxy) is 1. The summed E-state index contributed by atoms with van der Waals surface area (Å²) < 4.78 is 5.16. The van der Waals surface area contributed by atoms with E-state index >= 15 is 0 Å². The van der Waals surface area contributed by atoms with Crippen LogP contribution >= 0.6 is 0 Å². The first-order valence-corrected chi connectivity index (χ1v) is 5.54. The topological polar surface area (TPSA) is 92.9 Å². The van der Waals surface area contributed by atoms with E-state index < -0.39 is 23.2 Å². The fourth-order valence-electron chi connectivity index (χ4n) is 1.51. The fraction of sp³-hybridized carbons (Fsp3) is 0.818. The summed E-state index contributed by atoms with van der Waals surface area (Å²) in [7, 11) is 0. The number of carboxylic acids is 1. The van der Waals surface area contributed by atoms with Crippen molar-refractivity contribution >= 4 is 12.1 Å². The lowest BCUT2D eigenvalue weighted by Crippen LogP contribution is -2.65. The Hall–Kier alpha value is -1.30. The minimum absolute atomic E-state index is 0.229. The van der Waals surface area contributed by atoms with Gasteiger partial charge in [0.05, 0.1) is 0 Å². The molecular formula is C11H20N2O4. The van der Waals surface area contributed by atoms with Gasteiger partial charge in [0.2, 0.25) is 0 Å². The lowest BCUT2D eigenvalue weighted by molar-refractivity contribution is -0.147. The monoisotopic (exact) mass is 244 g/mol. The predicted octanol–water partition coefficient (Wildman–Crippen LogP) is 0.655. The second-order valence-corrected chi connectivity index (χ2v) is 5.67. The van der Waals surface area contributed by atoms with Crippen LogP contribution in [-0.4, -0.2) is 46.3 Å². The van der Waals surface area contributed by atoms with E-state index in [9.17, 15) is 9.59 Å². The van der Waals surface area contributed by atoms with Crippen LogP contribution in [0.3, 0.4) is 0 Å². The Morgan fingerprint density at radius 3 is 2.12 bits per heavy atom. The van der Waals surface area contributed by atoms with Crippen molar-refractivity contribution in [2.75, 3.05) is 13.1 Å². The summed E-state index contributed by atoms with van der Waals surface area (Å²) in [6.45, 7) is 7.47. The van der Waals surface area contributed by atoms with Crippen molar-refractivity contribution in [3.8, 4) is 0 Å². The molecule has 0 aliphatic carbocycles. The van der Waals surface area contributed by atoms with E-state index in [2.05, 4.69) is 0 Å². The van der Waals surface area contributed by atoms with E-state index in [1.807, 2.05) is 0 Å². The van der Waals surface area contributed by atoms with Crippen LogP contribution in [0.1, 0.15) is 27.7 Å². The lowest BCUT2D eigenvalue weighted by Gasteiger charge is -2.45. The van der Waals surface area contributed by atoms with Crippen molar-refractivity contribution in [2.24, 2.45) is 11.7 Å². The minimum atomic E-state index is -1.29. The van der Waals surface area contributed by atoms with Gasteiger partial charge < -0.3 is 20.5 Å². The number of rotatable bonds is 2. The van der Waals surface area contributed by atoms with Gasteiger partial charge in [0.15, 0.2) is 0 Å². The summed E-state index contributed by atoms with van der Waals surface area (Å²) in [6.07, 6.45) is -0.421. The Bertz CT molecular complexity index is 327. The first-order valence-electron chi connectivity index (χ1n) is 5.54. The van der Waals surface area contributed by atoms with Crippen molar-refractivity contribution in [3.63, 3.8) is 0 Å². The molecule has 1 rings (SSSR count). The largest absolute Gasteiger partial charge is 0.480 e. The number of nitrogens with two attached hydrogens (primary N) is 1. The number of hydrogen-bond donors (Lipinski definition) is 2. The third-order valence-corrected chi connectivity index (χ3v) is 2.84. The summed E-state index contributed by atoms with van der Waals surface area (Å²) in [6, 6.07) is 0. The Labute approximate surface area is 101 Å². The van der Waals surface area contributed by atoms with Crippen LogP contribution in [0.15, 0.2) is 0 Å². The van der Waals surface area contributed by atoms with E-state index in [4.69, 9.17) is 15.6 Å². The molecule has 1 heterocycles. The average molecular weight is 244 g/mol. The highest BCUT2D eigenvalue weighted by molar-refractivity contribution is 5.79. The van der Waals surface area contributed by atoms with E-state index in [0.717, 1.165) is 0 Å². The third-order valence-electron chi connectivity index (χ3n) is 2.84. The molecule has 1 atom stereocenters. The van der Waals surface area contributed by atoms with E-state index in [1.165, 1.54) is 11.8 Å². The molecule has 1 saturated heterocycles. The number of carbonyl (C=O) groups is 2. The molecule has 0 bridgehead atoms. The van der Waals surface area contributed by atoms with Crippen LogP contribution in [0.25, 0.3) is 0 Å². The molecule has 6 nitrogen and oxygen atoms in total. The standard InChI is InChI=1S/C11H20N2O4/c1-10(2,3)17-9(16)13-5-7(6-13)11(4,12)8(14)15/h7H,5-6,12H2,1-4H3,(H,14,15). The number of nitrogens with zero attached hydrogens (tertiary/aromatic N) is 1. The van der Waals surface area contributed by atoms with Crippen molar-refractivity contribution < 1.29 is 19.4 Å². The molecule has 0 aromatic rings. The Morgan fingerprint density at radius 1 is 1.29 bits per heavy atom. The zero-order chi connectivity index (χ0) is 13.4. The van der Waals surface area contributed by atoms with Crippen molar-refractivity contribution in [1.82, 2.24) is 4.90 Å². The molecule has 1 unspecified atom stereocenters. The maximum atomic E-state index is 11.6. The van der Waals surface area contributed by atoms with E-state index in [0.29, 0.717) is 13.1 Å². The van der Waals surface area contributed by atoms with Crippen molar-refractivity contribution in [3.05, 3.63) is 0 Å². The van der Waals surface area contributed by atoms with Gasteiger partial charge in [-0.05, 0) is 27.7 Å². The molecule has 3 N–H and O–H groups in total. The summed E-state index contributed by atoms with van der Waals surface area (Å²) in [5, 5.41) is 8.93. The fourth-order valence-corrected chi connectivity index (χ4v) is 1.51. The van der Waals surface area contributed by atoms with Gasteiger partial charge in [-0.15, -0.1) is 0 Å². The van der Waals surface area contributed by atoms with Gasteiger partial charge in [-0.3, -0.25) is 4.79 Å². The Kier molecular flexibility index (Phi) is 3.38. The van der Waals surface area contributed by atoms with Gasteiger partial charge in [0.25, 0.3) is 0 Å². The zero-order valence-corrected chi connectivity index (χ0v) is 10.7. The number of carboxylic acid groups (broad SMARTS) is 1. The molecule has 6 heteroatoms. The van der Waals surface area contributed by atoms with Gasteiger partial charge in [0.1, 0.15) is 11.1 Å². The molecule has 1 aliphatic rings. The minimum Gasteiger partial charge on any atom is -0.480 e. The molecule has 0 spiro atoms. The molecule has 1 amide bonds. The van der Waals surface area contributed by atoms with E-state index in [1.54, 1.807) is 20.8 Å². The summed E-state index contributed by atoms with van der Waals surface area (Å²) in [4.78, 5) is 24.0. The first-order chi connectivity index (χ1) is 7.54. The number of likely N-dealkylation sites (tertiary alicyclic amines) is 1. The van der Waals surface area contributed by atoms with Crippen LogP contribution in [-0.2, 0) is 9.53 Å². The SMILES string of the molecule is CC(C)(C)OC(=O)N1CC(C(C)(N)C(=O)O)C1. The Morgan fingerprint density at radius 2 is 1.76 bits per heavy atom. The van der Waals surface area contributed by atoms with Crippen molar-refractivity contribution in [1.29, 1.82) is 0 Å². The van der Waals surface area contributed by atoms with Gasteiger partial charge >= 0.3 is 12.1 Å². The van der Waals surface area contributed by atoms with Gasteiger partial charge in [-0.25, -0.2) is 4.79 Å². The number of amides is 1. The smallest absolute Gasteiger partial charge is 0.410 e. The molecule has 0 saturated carbocycles. The maximum Gasteiger partial charge on any atom is 0.410 e. The molecular weight excluding hydrogens is 224 g/mol. The number of hydrogen-bond acceptors (Lipinski definition) is 4. The van der Waals surface area contributed by atoms with Gasteiger partial charge in [-0.2, -0.15) is 0 Å². The van der Waals surface area contributed by atoms with Crippen LogP contribution in [0.5, 0.6) is 0 Å². The predicted molar refractivity (Wildman–Crippen MR) is 61.5 cm³/mol. The van der Waals surface area contributed by atoms with Crippen molar-refractivity contribution in [2.45, 2.75) is 38.8 Å². The first kappa shape index (κ1) is 13.8. The van der Waals surface area contributed by atoms with Gasteiger partial charge in [0, 0.05) is 19.0 Å². The Balaban J connectivity index is 2.47. The second kappa shape index (κ2) is 4.18. The van der Waals surface area contributed by atoms with E-state index in [-0.39, 0.29) is 5.92 Å². The second-order valence-electron chi connectivity index (χ2n) is 5.67. The van der Waals surface area contributed by atoms with Crippen LogP contribution < -0.4 is 5.73 Å². The highest BCUT2D eigenvalue weighted by Gasteiger charge is 2.46. The highest BCUT2D eigenvalue weighted by atomic mass is 16.6. The molecule has 17 heavy (non-hydrogen) atoms. The molecule has 1 aliphatic heterocycles. The normalized spacial score (nSPS) is 20.4. The zero-order valence-electron chi connectivity index (χ0n) is 10.7. The lowest BCUT2D eigenvalue weighted by atomic mass is 9.81. The van der Waals surface area contributed by atoms with Gasteiger partial charge in [-0.1, -0.05) is 0 Å². The highest BCUT2D eigenvalue weighted by Crippen LogP contribution is 2.27. The van der Waals surface area contributed by atoms with Crippen LogP contribution in [0.4, 0.5) is 4.79 Å². The quantitative estimate of drug-likeness (QED) is 0.744. The van der Waals surface area contributed by atoms with Crippen LogP contribution in [0, 0.1) is 5.92 Å². The molecule has 0 aromatic carbocycles. The van der Waals surface area contributed by atoms with Crippen LogP contribution in [0.2, 0.25) is 0 Å². The molecule has 0 radical (unpaired) electrons. The number of aliphatic carboxylic acids is 1. The average Bonchev–Trinajstić information content (AvgIpc) is 1.95. The molecule has 98 valence electrons. The molecule has 0 aromatic heterocycles. The summed E-state index contributed by atoms with van der Waals surface area (Å²) in [5.74, 6) is -1.28. The molecule has 1 fully saturated rings. The maximum absolute atomic E-state index is 11.6. The summed E-state index contributed by atoms with van der Waals surface area (Å²) in [5.41, 5.74) is 3.84. The summed E-state index contributed by atoms with van der Waals surface area (Å²) >= 11 is 0. The number of carbonyl (C=O) groups excluding carboxylic acids is 1. The third kappa shape index (κ3) is 3.09.